The van der Waals surface area contributed by atoms with Gasteiger partial charge in [-0.15, -0.1) is 10.2 Å². The van der Waals surface area contributed by atoms with Crippen molar-refractivity contribution in [2.75, 3.05) is 25.3 Å². The molecule has 1 heterocycles. The van der Waals surface area contributed by atoms with Crippen LogP contribution < -0.4 is 10.9 Å². The number of hydrogen-bond acceptors (Lipinski definition) is 5. The Hall–Kier alpha value is -1.21. The van der Waals surface area contributed by atoms with Crippen LogP contribution in [0.15, 0.2) is 0 Å². The first-order chi connectivity index (χ1) is 6.25. The second-order valence-corrected chi connectivity index (χ2v) is 2.48. The fourth-order valence-electron chi connectivity index (χ4n) is 0.880. The lowest BCUT2D eigenvalue weighted by atomic mass is 10.4. The van der Waals surface area contributed by atoms with Gasteiger partial charge in [-0.25, -0.2) is 5.84 Å². The third-order valence-electron chi connectivity index (χ3n) is 1.51. The number of nitrogens with one attached hydrogen (secondary N) is 1. The predicted octanol–water partition coefficient (Wildman–Crippen LogP) is -0.340. The zero-order valence-corrected chi connectivity index (χ0v) is 7.33. The van der Waals surface area contributed by atoms with Crippen molar-refractivity contribution in [1.82, 2.24) is 15.4 Å². The molecule has 0 aliphatic heterocycles. The highest BCUT2D eigenvalue weighted by Crippen LogP contribution is 2.08. The normalized spacial score (nSPS) is 10.4. The molecule has 13 heavy (non-hydrogen) atoms. The van der Waals surface area contributed by atoms with Crippen molar-refractivity contribution in [2.24, 2.45) is 5.84 Å². The highest BCUT2D eigenvalue weighted by atomic mass is 19.1. The van der Waals surface area contributed by atoms with Crippen molar-refractivity contribution in [3.05, 3.63) is 5.95 Å². The molecule has 0 unspecified atom stereocenters. The van der Waals surface area contributed by atoms with Crippen LogP contribution >= 0.6 is 0 Å². The van der Waals surface area contributed by atoms with Crippen LogP contribution in [0.5, 0.6) is 0 Å². The van der Waals surface area contributed by atoms with E-state index in [1.807, 2.05) is 0 Å². The largest absolute Gasteiger partial charge is 0.385 e. The second kappa shape index (κ2) is 4.73. The van der Waals surface area contributed by atoms with Gasteiger partial charge < -0.3 is 4.74 Å². The maximum absolute atomic E-state index is 12.8. The topological polar surface area (TPSA) is 80.1 Å². The zero-order chi connectivity index (χ0) is 9.68. The van der Waals surface area contributed by atoms with Crippen LogP contribution in [0.1, 0.15) is 6.42 Å². The van der Waals surface area contributed by atoms with Gasteiger partial charge in [-0.05, 0) is 6.42 Å². The molecule has 0 amide bonds. The minimum atomic E-state index is -0.695. The molecule has 0 aromatic carbocycles. The van der Waals surface area contributed by atoms with Crippen LogP contribution in [0.4, 0.5) is 10.2 Å². The van der Waals surface area contributed by atoms with Gasteiger partial charge >= 0.3 is 0 Å². The molecule has 7 heteroatoms. The van der Waals surface area contributed by atoms with Crippen LogP contribution in [0, 0.1) is 5.95 Å². The number of ether oxygens (including phenoxy) is 1. The summed E-state index contributed by atoms with van der Waals surface area (Å²) in [5.74, 6) is 4.83. The summed E-state index contributed by atoms with van der Waals surface area (Å²) < 4.78 is 17.6. The number of hydrazine groups is 1. The van der Waals surface area contributed by atoms with Gasteiger partial charge in [-0.3, -0.25) is 5.01 Å². The molecule has 0 saturated heterocycles. The molecule has 1 rings (SSSR count). The SMILES string of the molecule is COCCCN(N)c1n[nH]nc1F. The predicted molar refractivity (Wildman–Crippen MR) is 44.4 cm³/mol. The van der Waals surface area contributed by atoms with Crippen molar-refractivity contribution < 1.29 is 9.13 Å². The van der Waals surface area contributed by atoms with Crippen LogP contribution in [-0.4, -0.2) is 35.7 Å². The monoisotopic (exact) mass is 189 g/mol. The van der Waals surface area contributed by atoms with Crippen LogP contribution in [0.2, 0.25) is 0 Å². The number of anilines is 1. The standard InChI is InChI=1S/C6H12FN5O/c1-13-4-2-3-12(8)6-5(7)9-11-10-6/h2-4,8H2,1H3,(H,9,10,11). The number of rotatable bonds is 5. The number of H-pyrrole nitrogens is 1. The molecule has 6 nitrogen and oxygen atoms in total. The zero-order valence-electron chi connectivity index (χ0n) is 7.33. The molecule has 0 spiro atoms. The van der Waals surface area contributed by atoms with Gasteiger partial charge in [0.05, 0.1) is 0 Å². The molecule has 0 bridgehead atoms. The quantitative estimate of drug-likeness (QED) is 0.376. The summed E-state index contributed by atoms with van der Waals surface area (Å²) in [5, 5.41) is 10.1. The first-order valence-corrected chi connectivity index (χ1v) is 3.83. The fourth-order valence-corrected chi connectivity index (χ4v) is 0.880. The highest BCUT2D eigenvalue weighted by molar-refractivity contribution is 5.32. The van der Waals surface area contributed by atoms with Crippen LogP contribution in [-0.2, 0) is 4.74 Å². The summed E-state index contributed by atoms with van der Waals surface area (Å²) in [6.45, 7) is 1.05. The lowest BCUT2D eigenvalue weighted by Crippen LogP contribution is -2.33. The summed E-state index contributed by atoms with van der Waals surface area (Å²) in [6, 6.07) is 0. The van der Waals surface area contributed by atoms with E-state index in [0.717, 1.165) is 0 Å². The Balaban J connectivity index is 2.39. The smallest absolute Gasteiger partial charge is 0.277 e. The molecule has 1 aromatic rings. The van der Waals surface area contributed by atoms with E-state index in [9.17, 15) is 4.39 Å². The average molecular weight is 189 g/mol. The van der Waals surface area contributed by atoms with E-state index in [2.05, 4.69) is 15.4 Å². The Morgan fingerprint density at radius 1 is 1.62 bits per heavy atom. The third kappa shape index (κ3) is 2.63. The van der Waals surface area contributed by atoms with E-state index in [4.69, 9.17) is 10.6 Å². The van der Waals surface area contributed by atoms with Crippen molar-refractivity contribution >= 4 is 5.82 Å². The van der Waals surface area contributed by atoms with Crippen molar-refractivity contribution in [2.45, 2.75) is 6.42 Å². The van der Waals surface area contributed by atoms with E-state index in [-0.39, 0.29) is 5.82 Å². The molecule has 0 aliphatic rings. The van der Waals surface area contributed by atoms with Gasteiger partial charge in [0.25, 0.3) is 5.95 Å². The molecule has 0 saturated carbocycles. The maximum atomic E-state index is 12.8. The van der Waals surface area contributed by atoms with Crippen LogP contribution in [0.3, 0.4) is 0 Å². The Labute approximate surface area is 74.8 Å². The van der Waals surface area contributed by atoms with Gasteiger partial charge in [0.15, 0.2) is 0 Å². The number of halogens is 1. The Bertz CT molecular complexity index is 253. The van der Waals surface area contributed by atoms with Crippen molar-refractivity contribution in [1.29, 1.82) is 0 Å². The second-order valence-electron chi connectivity index (χ2n) is 2.48. The van der Waals surface area contributed by atoms with Crippen molar-refractivity contribution in [3.8, 4) is 0 Å². The first-order valence-electron chi connectivity index (χ1n) is 3.83. The average Bonchev–Trinajstić information content (AvgIpc) is 2.52. The molecule has 0 atom stereocenters. The van der Waals surface area contributed by atoms with Crippen molar-refractivity contribution in [3.63, 3.8) is 0 Å². The molecule has 3 N–H and O–H groups in total. The molecular weight excluding hydrogens is 177 g/mol. The minimum absolute atomic E-state index is 0.0242. The number of aromatic amines is 1. The van der Waals surface area contributed by atoms with E-state index in [1.165, 1.54) is 5.01 Å². The number of nitrogens with two attached hydrogens (primary N) is 1. The minimum Gasteiger partial charge on any atom is -0.385 e. The summed E-state index contributed by atoms with van der Waals surface area (Å²) >= 11 is 0. The molecule has 0 fully saturated rings. The molecule has 74 valence electrons. The Morgan fingerprint density at radius 3 is 2.92 bits per heavy atom. The van der Waals surface area contributed by atoms with E-state index < -0.39 is 5.95 Å². The molecule has 1 aromatic heterocycles. The van der Waals surface area contributed by atoms with E-state index in [0.29, 0.717) is 19.6 Å². The highest BCUT2D eigenvalue weighted by Gasteiger charge is 2.11. The summed E-state index contributed by atoms with van der Waals surface area (Å²) in [6.07, 6.45) is 0.708. The Morgan fingerprint density at radius 2 is 2.38 bits per heavy atom. The molecule has 0 aliphatic carbocycles. The number of aromatic nitrogens is 3. The van der Waals surface area contributed by atoms with E-state index >= 15 is 0 Å². The fraction of sp³-hybridized carbons (Fsp3) is 0.667. The van der Waals surface area contributed by atoms with Gasteiger partial charge in [0.2, 0.25) is 5.82 Å². The third-order valence-corrected chi connectivity index (χ3v) is 1.51. The van der Waals surface area contributed by atoms with Gasteiger partial charge in [-0.2, -0.15) is 9.60 Å². The van der Waals surface area contributed by atoms with Crippen LogP contribution in [0.25, 0.3) is 0 Å². The molecular formula is C6H12FN5O. The van der Waals surface area contributed by atoms with E-state index in [1.54, 1.807) is 7.11 Å². The summed E-state index contributed by atoms with van der Waals surface area (Å²) in [4.78, 5) is 0. The number of methoxy groups -OCH3 is 1. The van der Waals surface area contributed by atoms with Gasteiger partial charge in [-0.1, -0.05) is 0 Å². The summed E-state index contributed by atoms with van der Waals surface area (Å²) in [5.41, 5.74) is 0. The maximum Gasteiger partial charge on any atom is 0.277 e. The summed E-state index contributed by atoms with van der Waals surface area (Å²) in [7, 11) is 1.59. The number of hydrogen-bond donors (Lipinski definition) is 2. The Kier molecular flexibility index (Phi) is 3.59. The number of nitrogens with zero attached hydrogens (tertiary/aromatic N) is 3. The lowest BCUT2D eigenvalue weighted by molar-refractivity contribution is 0.196. The molecule has 0 radical (unpaired) electrons. The van der Waals surface area contributed by atoms with Gasteiger partial charge in [0, 0.05) is 20.3 Å². The first kappa shape index (κ1) is 9.87. The lowest BCUT2D eigenvalue weighted by Gasteiger charge is -2.13. The van der Waals surface area contributed by atoms with Gasteiger partial charge in [0.1, 0.15) is 0 Å².